The van der Waals surface area contributed by atoms with Crippen molar-refractivity contribution in [1.29, 1.82) is 0 Å². The van der Waals surface area contributed by atoms with Gasteiger partial charge in [0, 0.05) is 12.4 Å². The Labute approximate surface area is 80.8 Å². The quantitative estimate of drug-likeness (QED) is 0.710. The first-order valence-electron chi connectivity index (χ1n) is 4.21. The van der Waals surface area contributed by atoms with Crippen LogP contribution in [0.1, 0.15) is 11.6 Å². The lowest BCUT2D eigenvalue weighted by molar-refractivity contribution is 0.740. The molecule has 2 rings (SSSR count). The highest BCUT2D eigenvalue weighted by Crippen LogP contribution is 2.02. The van der Waals surface area contributed by atoms with Gasteiger partial charge in [0.25, 0.3) is 5.95 Å². The Bertz CT molecular complexity index is 421. The van der Waals surface area contributed by atoms with Crippen LogP contribution in [0.25, 0.3) is 5.95 Å². The zero-order valence-corrected chi connectivity index (χ0v) is 7.75. The van der Waals surface area contributed by atoms with Crippen LogP contribution >= 0.6 is 0 Å². The lowest BCUT2D eigenvalue weighted by atomic mass is 10.6. The summed E-state index contributed by atoms with van der Waals surface area (Å²) in [6, 6.07) is 1.75. The van der Waals surface area contributed by atoms with Crippen LogP contribution < -0.4 is 5.73 Å². The molecule has 0 spiro atoms. The lowest BCUT2D eigenvalue weighted by Gasteiger charge is -1.99. The van der Waals surface area contributed by atoms with Gasteiger partial charge in [0.2, 0.25) is 0 Å². The third-order valence-corrected chi connectivity index (χ3v) is 1.70. The van der Waals surface area contributed by atoms with E-state index < -0.39 is 0 Å². The van der Waals surface area contributed by atoms with Gasteiger partial charge in [-0.2, -0.15) is 4.68 Å². The van der Waals surface area contributed by atoms with Crippen LogP contribution in [0, 0.1) is 6.92 Å². The predicted octanol–water partition coefficient (Wildman–Crippen LogP) is -0.176. The molecule has 0 saturated carbocycles. The Kier molecular flexibility index (Phi) is 2.19. The van der Waals surface area contributed by atoms with Gasteiger partial charge in [-0.25, -0.2) is 15.0 Å². The van der Waals surface area contributed by atoms with Gasteiger partial charge in [0.1, 0.15) is 11.6 Å². The number of aryl methyl sites for hydroxylation is 1. The summed E-state index contributed by atoms with van der Waals surface area (Å²) in [5, 5.41) is 4.15. The molecule has 2 heterocycles. The topological polar surface area (TPSA) is 82.5 Å². The zero-order chi connectivity index (χ0) is 9.97. The maximum absolute atomic E-state index is 5.52. The molecule has 0 aromatic carbocycles. The summed E-state index contributed by atoms with van der Waals surface area (Å²) in [6.07, 6.45) is 3.30. The van der Waals surface area contributed by atoms with E-state index in [1.54, 1.807) is 30.1 Å². The maximum Gasteiger partial charge on any atom is 0.252 e. The van der Waals surface area contributed by atoms with E-state index in [9.17, 15) is 0 Å². The van der Waals surface area contributed by atoms with E-state index in [0.717, 1.165) is 0 Å². The highest BCUT2D eigenvalue weighted by Gasteiger charge is 2.08. The van der Waals surface area contributed by atoms with Crippen molar-refractivity contribution in [1.82, 2.24) is 24.7 Å². The second kappa shape index (κ2) is 3.51. The average Bonchev–Trinajstić information content (AvgIpc) is 2.61. The van der Waals surface area contributed by atoms with Gasteiger partial charge in [-0.1, -0.05) is 0 Å². The molecule has 6 heteroatoms. The minimum absolute atomic E-state index is 0.319. The van der Waals surface area contributed by atoms with Gasteiger partial charge < -0.3 is 5.73 Å². The Morgan fingerprint density at radius 2 is 2.07 bits per heavy atom. The first kappa shape index (κ1) is 8.76. The Balaban J connectivity index is 2.51. The first-order chi connectivity index (χ1) is 6.81. The molecule has 2 N–H and O–H groups in total. The molecule has 2 aromatic rings. The second-order valence-corrected chi connectivity index (χ2v) is 2.74. The van der Waals surface area contributed by atoms with Crippen LogP contribution in [0.3, 0.4) is 0 Å². The predicted molar refractivity (Wildman–Crippen MR) is 49.6 cm³/mol. The molecule has 0 bridgehead atoms. The van der Waals surface area contributed by atoms with Crippen LogP contribution in [-0.2, 0) is 6.54 Å². The van der Waals surface area contributed by atoms with Gasteiger partial charge >= 0.3 is 0 Å². The molecule has 14 heavy (non-hydrogen) atoms. The Morgan fingerprint density at radius 3 is 2.71 bits per heavy atom. The minimum atomic E-state index is 0.319. The average molecular weight is 190 g/mol. The monoisotopic (exact) mass is 190 g/mol. The van der Waals surface area contributed by atoms with Crippen LogP contribution in [0.5, 0.6) is 0 Å². The smallest absolute Gasteiger partial charge is 0.252 e. The van der Waals surface area contributed by atoms with Crippen molar-refractivity contribution in [3.63, 3.8) is 0 Å². The molecule has 0 aliphatic carbocycles. The molecular weight excluding hydrogens is 180 g/mol. The van der Waals surface area contributed by atoms with Crippen LogP contribution in [0.4, 0.5) is 0 Å². The Hall–Kier alpha value is -1.82. The van der Waals surface area contributed by atoms with Crippen molar-refractivity contribution in [3.05, 3.63) is 30.1 Å². The third-order valence-electron chi connectivity index (χ3n) is 1.70. The largest absolute Gasteiger partial charge is 0.324 e. The lowest BCUT2D eigenvalue weighted by Crippen LogP contribution is -2.10. The summed E-state index contributed by atoms with van der Waals surface area (Å²) >= 11 is 0. The maximum atomic E-state index is 5.52. The number of aromatic nitrogens is 5. The van der Waals surface area contributed by atoms with Gasteiger partial charge in [-0.15, -0.1) is 5.10 Å². The molecule has 0 aliphatic heterocycles. The van der Waals surface area contributed by atoms with Crippen molar-refractivity contribution in [2.75, 3.05) is 0 Å². The highest BCUT2D eigenvalue weighted by atomic mass is 15.4. The molecular formula is C8H10N6. The molecule has 0 aliphatic rings. The summed E-state index contributed by atoms with van der Waals surface area (Å²) in [5.41, 5.74) is 5.52. The fourth-order valence-electron chi connectivity index (χ4n) is 1.15. The van der Waals surface area contributed by atoms with Gasteiger partial charge in [0.15, 0.2) is 0 Å². The highest BCUT2D eigenvalue weighted by molar-refractivity contribution is 5.11. The van der Waals surface area contributed by atoms with Gasteiger partial charge in [0.05, 0.1) is 6.54 Å². The fourth-order valence-corrected chi connectivity index (χ4v) is 1.15. The van der Waals surface area contributed by atoms with E-state index in [1.807, 2.05) is 0 Å². The minimum Gasteiger partial charge on any atom is -0.324 e. The molecule has 0 radical (unpaired) electrons. The van der Waals surface area contributed by atoms with Crippen LogP contribution in [0.2, 0.25) is 0 Å². The van der Waals surface area contributed by atoms with E-state index in [4.69, 9.17) is 5.73 Å². The first-order valence-corrected chi connectivity index (χ1v) is 4.21. The normalized spacial score (nSPS) is 10.4. The number of nitrogens with zero attached hydrogens (tertiary/aromatic N) is 5. The van der Waals surface area contributed by atoms with Gasteiger partial charge in [-0.05, 0) is 13.0 Å². The molecule has 0 amide bonds. The number of hydrogen-bond donors (Lipinski definition) is 1. The summed E-state index contributed by atoms with van der Waals surface area (Å²) in [7, 11) is 0. The van der Waals surface area contributed by atoms with E-state index in [-0.39, 0.29) is 0 Å². The summed E-state index contributed by atoms with van der Waals surface area (Å²) in [5.74, 6) is 1.82. The van der Waals surface area contributed by atoms with Crippen LogP contribution in [-0.4, -0.2) is 24.7 Å². The fraction of sp³-hybridized carbons (Fsp3) is 0.250. The molecule has 72 valence electrons. The molecule has 6 nitrogen and oxygen atoms in total. The summed E-state index contributed by atoms with van der Waals surface area (Å²) in [6.45, 7) is 2.12. The van der Waals surface area contributed by atoms with E-state index in [0.29, 0.717) is 24.1 Å². The summed E-state index contributed by atoms with van der Waals surface area (Å²) in [4.78, 5) is 12.3. The number of hydrogen-bond acceptors (Lipinski definition) is 5. The van der Waals surface area contributed by atoms with Crippen molar-refractivity contribution in [2.24, 2.45) is 5.73 Å². The van der Waals surface area contributed by atoms with Crippen molar-refractivity contribution >= 4 is 0 Å². The van der Waals surface area contributed by atoms with Crippen molar-refractivity contribution in [3.8, 4) is 5.95 Å². The van der Waals surface area contributed by atoms with Crippen molar-refractivity contribution < 1.29 is 0 Å². The second-order valence-electron chi connectivity index (χ2n) is 2.74. The molecule has 0 fully saturated rings. The molecule has 0 unspecified atom stereocenters. The molecule has 2 aromatic heterocycles. The van der Waals surface area contributed by atoms with E-state index in [2.05, 4.69) is 20.1 Å². The number of nitrogens with two attached hydrogens (primary N) is 1. The zero-order valence-electron chi connectivity index (χ0n) is 7.75. The van der Waals surface area contributed by atoms with Gasteiger partial charge in [-0.3, -0.25) is 0 Å². The van der Waals surface area contributed by atoms with Crippen molar-refractivity contribution in [2.45, 2.75) is 13.5 Å². The summed E-state index contributed by atoms with van der Waals surface area (Å²) < 4.78 is 1.55. The third kappa shape index (κ3) is 1.47. The number of rotatable bonds is 2. The molecule has 0 saturated heterocycles. The molecule has 0 atom stereocenters. The standard InChI is InChI=1S/C8H10N6/c1-6-12-7(5-9)14(13-6)8-10-3-2-4-11-8/h2-4H,5,9H2,1H3. The van der Waals surface area contributed by atoms with E-state index in [1.165, 1.54) is 0 Å². The SMILES string of the molecule is Cc1nc(CN)n(-c2ncccn2)n1. The van der Waals surface area contributed by atoms with E-state index >= 15 is 0 Å². The van der Waals surface area contributed by atoms with Crippen LogP contribution in [0.15, 0.2) is 18.5 Å². The Morgan fingerprint density at radius 1 is 1.36 bits per heavy atom.